The van der Waals surface area contributed by atoms with Crippen molar-refractivity contribution in [3.63, 3.8) is 0 Å². The molecule has 0 bridgehead atoms. The van der Waals surface area contributed by atoms with Gasteiger partial charge in [0.15, 0.2) is 0 Å². The van der Waals surface area contributed by atoms with Crippen LogP contribution in [0.25, 0.3) is 120 Å². The summed E-state index contributed by atoms with van der Waals surface area (Å²) in [5.74, 6) is -0.103. The number of aryl methyl sites for hydroxylation is 4. The molecule has 14 rings (SSSR count). The number of thiocarbonyl (C=S) groups is 4. The van der Waals surface area contributed by atoms with Gasteiger partial charge in [0.1, 0.15) is 17.3 Å². The van der Waals surface area contributed by atoms with E-state index in [1.165, 1.54) is 106 Å². The number of fused-ring (bicyclic) bond motifs is 11. The highest BCUT2D eigenvalue weighted by Crippen LogP contribution is 2.51. The molecular formula is C90H92N4O4S12. The number of hydrogen-bond acceptors (Lipinski definition) is 16. The number of unbranched alkanes of at least 4 members (excludes halogenated alkanes) is 12. The first-order chi connectivity index (χ1) is 53.5. The van der Waals surface area contributed by atoms with Gasteiger partial charge in [0.25, 0.3) is 23.6 Å². The summed E-state index contributed by atoms with van der Waals surface area (Å²) in [5, 5.41) is 11.6. The number of hydrogen-bond donors (Lipinski definition) is 0. The van der Waals surface area contributed by atoms with E-state index in [-0.39, 0.29) is 23.6 Å². The Labute approximate surface area is 702 Å². The first-order valence-electron chi connectivity index (χ1n) is 39.3. The van der Waals surface area contributed by atoms with Crippen molar-refractivity contribution in [1.29, 1.82) is 0 Å². The smallest absolute Gasteiger partial charge is 0.266 e. The van der Waals surface area contributed by atoms with Crippen LogP contribution in [0.4, 0.5) is 0 Å². The van der Waals surface area contributed by atoms with E-state index >= 15 is 0 Å². The largest absolute Gasteiger partial charge is 0.293 e. The lowest BCUT2D eigenvalue weighted by molar-refractivity contribution is -0.122. The van der Waals surface area contributed by atoms with Crippen LogP contribution >= 0.6 is 141 Å². The number of thioether (sulfide) groups is 4. The fourth-order valence-corrected chi connectivity index (χ4v) is 25.9. The molecule has 4 fully saturated rings. The van der Waals surface area contributed by atoms with Gasteiger partial charge in [-0.25, -0.2) is 0 Å². The summed E-state index contributed by atoms with van der Waals surface area (Å²) >= 11 is 35.7. The molecule has 0 N–H and O–H groups in total. The number of nitrogens with zero attached hydrogens (tertiary/aromatic N) is 4. The van der Waals surface area contributed by atoms with Gasteiger partial charge in [-0.05, 0) is 250 Å². The summed E-state index contributed by atoms with van der Waals surface area (Å²) in [5.41, 5.74) is 9.48. The van der Waals surface area contributed by atoms with E-state index in [9.17, 15) is 19.2 Å². The van der Waals surface area contributed by atoms with E-state index in [0.29, 0.717) is 63.1 Å². The molecule has 4 aliphatic heterocycles. The molecule has 8 nitrogen and oxygen atoms in total. The molecular weight excluding hydrogens is 1590 g/mol. The lowest BCUT2D eigenvalue weighted by Gasteiger charge is -2.18. The van der Waals surface area contributed by atoms with Crippen molar-refractivity contribution in [2.75, 3.05) is 26.2 Å². The van der Waals surface area contributed by atoms with Gasteiger partial charge in [-0.3, -0.25) is 38.8 Å². The minimum atomic E-state index is -0.0257. The highest BCUT2D eigenvalue weighted by atomic mass is 32.2. The molecule has 0 unspecified atom stereocenters. The van der Waals surface area contributed by atoms with Gasteiger partial charge in [0.05, 0.1) is 19.6 Å². The highest BCUT2D eigenvalue weighted by molar-refractivity contribution is 8.28. The number of rotatable bonds is 32. The molecule has 10 aromatic rings. The third kappa shape index (κ3) is 16.7. The maximum atomic E-state index is 13.9. The minimum Gasteiger partial charge on any atom is -0.293 e. The molecule has 0 aliphatic carbocycles. The summed E-state index contributed by atoms with van der Waals surface area (Å²) in [6.07, 6.45) is 30.2. The predicted octanol–water partition coefficient (Wildman–Crippen LogP) is 27.7. The fourth-order valence-electron chi connectivity index (χ4n) is 15.5. The second-order valence-corrected chi connectivity index (χ2v) is 39.8. The quantitative estimate of drug-likeness (QED) is 0.0174. The van der Waals surface area contributed by atoms with Crippen LogP contribution in [-0.4, -0.2) is 86.7 Å². The lowest BCUT2D eigenvalue weighted by Crippen LogP contribution is -2.27. The molecule has 110 heavy (non-hydrogen) atoms. The number of amides is 4. The Morgan fingerprint density at radius 1 is 0.282 bits per heavy atom. The van der Waals surface area contributed by atoms with Crippen LogP contribution < -0.4 is 0 Å². The van der Waals surface area contributed by atoms with Gasteiger partial charge in [-0.2, -0.15) is 0 Å². The van der Waals surface area contributed by atoms with E-state index in [4.69, 9.17) is 48.9 Å². The molecule has 0 saturated carbocycles. The van der Waals surface area contributed by atoms with Crippen molar-refractivity contribution in [2.24, 2.45) is 0 Å². The maximum absolute atomic E-state index is 13.9. The van der Waals surface area contributed by atoms with Gasteiger partial charge in [0, 0.05) is 65.2 Å². The Bertz CT molecular complexity index is 4840. The van der Waals surface area contributed by atoms with Crippen LogP contribution in [-0.2, 0) is 44.9 Å². The molecule has 0 radical (unpaired) electrons. The molecule has 4 saturated heterocycles. The van der Waals surface area contributed by atoms with E-state index in [0.717, 1.165) is 207 Å². The second kappa shape index (κ2) is 36.2. The van der Waals surface area contributed by atoms with Crippen molar-refractivity contribution in [2.45, 2.75) is 184 Å². The zero-order valence-electron chi connectivity index (χ0n) is 63.8. The molecule has 0 atom stereocenters. The van der Waals surface area contributed by atoms with Crippen molar-refractivity contribution in [1.82, 2.24) is 19.6 Å². The van der Waals surface area contributed by atoms with Gasteiger partial charge in [0.2, 0.25) is 0 Å². The van der Waals surface area contributed by atoms with Crippen LogP contribution in [0.2, 0.25) is 0 Å². The number of carbonyl (C=O) groups excluding carboxylic acids is 4. The van der Waals surface area contributed by atoms with Gasteiger partial charge in [-0.1, -0.05) is 249 Å². The van der Waals surface area contributed by atoms with E-state index < -0.39 is 0 Å². The summed E-state index contributed by atoms with van der Waals surface area (Å²) in [6.45, 7) is 19.1. The van der Waals surface area contributed by atoms with Crippen LogP contribution in [0.3, 0.4) is 0 Å². The molecule has 4 aliphatic rings. The second-order valence-electron chi connectivity index (χ2n) is 28.7. The SMILES string of the molecule is CCCCCCc1cc(-c2ccc3c(c2)c2cc(-c4cc(CCCCCC)c(/C=C5\SC(=S)N(CC)C5=O)s4)ccc2c2c4ccc(-c5cc(CCCCCC)c(/C=C6/SC(=S)N(CC)C6=O)s5)cc4c4cc(-c5cc(CCCCCC)c(/C=C6\SC(=S)N(CC)C6=O)s5)ccc4c32)sc1/C=C1\SC(=S)N(CC)C1=O. The monoisotopic (exact) mass is 1680 g/mol. The summed E-state index contributed by atoms with van der Waals surface area (Å²) < 4.78 is 2.42. The highest BCUT2D eigenvalue weighted by Gasteiger charge is 2.36. The van der Waals surface area contributed by atoms with Crippen molar-refractivity contribution >= 4 is 260 Å². The first-order valence-corrected chi connectivity index (χ1v) is 47.5. The van der Waals surface area contributed by atoms with Gasteiger partial charge < -0.3 is 0 Å². The standard InChI is InChI=1S/C90H92N4O4S12/c1-9-17-21-25-29-53-45-69(103-73(53)49-77-83(95)91(13-5)87(99)107-77)57-33-37-61-65(41-57)66-42-58(70-46-54(30-26-22-18-10-2)74(104-70)50-78-84(96)92(14-6)88(100)108-78)34-38-62(66)82-64-40-36-60(72-48-56(32-28-24-20-12-4)76(106-72)52-80-86(98)94(16-8)90(102)110-80)44-68(64)67-43-59(35-39-63(67)81(61)82)71-47-55(31-27-23-19-11-3)75(105-71)51-79-85(97)93(15-7)89(101)109-79/h33-52H,9-32H2,1-8H3/b77-49-,78-50-,79-51-,80-52+. The van der Waals surface area contributed by atoms with E-state index in [1.807, 2.05) is 27.7 Å². The molecule has 6 aromatic carbocycles. The van der Waals surface area contributed by atoms with E-state index in [2.05, 4.69) is 149 Å². The average molecular weight is 1680 g/mol. The zero-order chi connectivity index (χ0) is 77.0. The molecule has 20 heteroatoms. The Balaban J connectivity index is 1.02. The molecule has 568 valence electrons. The molecule has 4 amide bonds. The Morgan fingerprint density at radius 3 is 0.691 bits per heavy atom. The van der Waals surface area contributed by atoms with Crippen LogP contribution in [0.15, 0.2) is 117 Å². The Kier molecular flexibility index (Phi) is 26.6. The number of likely N-dealkylation sites (N-methyl/N-ethyl adjacent to an activating group) is 4. The Morgan fingerprint density at radius 2 is 0.500 bits per heavy atom. The van der Waals surface area contributed by atoms with Gasteiger partial charge in [-0.15, -0.1) is 45.3 Å². The predicted molar refractivity (Wildman–Crippen MR) is 501 cm³/mol. The third-order valence-electron chi connectivity index (χ3n) is 21.5. The van der Waals surface area contributed by atoms with Crippen molar-refractivity contribution in [3.8, 4) is 41.8 Å². The maximum Gasteiger partial charge on any atom is 0.266 e. The average Bonchev–Trinajstić information content (AvgIpc) is 1.09. The molecule has 0 spiro atoms. The van der Waals surface area contributed by atoms with Crippen molar-refractivity contribution in [3.05, 3.63) is 158 Å². The number of thiophene rings is 4. The Hall–Kier alpha value is -5.98. The fraction of sp³-hybridized carbons (Fsp3) is 0.356. The van der Waals surface area contributed by atoms with Crippen LogP contribution in [0, 0.1) is 0 Å². The number of benzene rings is 6. The van der Waals surface area contributed by atoms with Crippen LogP contribution in [0.5, 0.6) is 0 Å². The normalized spacial score (nSPS) is 16.7. The minimum absolute atomic E-state index is 0.0257. The lowest BCUT2D eigenvalue weighted by atomic mass is 9.85. The number of carbonyl (C=O) groups is 4. The molecule has 4 aromatic heterocycles. The topological polar surface area (TPSA) is 81.2 Å². The third-order valence-corrected chi connectivity index (χ3v) is 31.7. The van der Waals surface area contributed by atoms with Crippen molar-refractivity contribution < 1.29 is 19.2 Å². The van der Waals surface area contributed by atoms with Crippen LogP contribution in [0.1, 0.15) is 200 Å². The summed E-state index contributed by atoms with van der Waals surface area (Å²) in [6, 6.07) is 38.1. The summed E-state index contributed by atoms with van der Waals surface area (Å²) in [7, 11) is 0. The zero-order valence-corrected chi connectivity index (χ0v) is 73.6. The van der Waals surface area contributed by atoms with E-state index in [1.54, 1.807) is 64.9 Å². The van der Waals surface area contributed by atoms with Gasteiger partial charge >= 0.3 is 0 Å². The first kappa shape index (κ1) is 80.6. The summed E-state index contributed by atoms with van der Waals surface area (Å²) in [4.78, 5) is 74.2. The molecule has 8 heterocycles.